The zero-order chi connectivity index (χ0) is 46.2. The van der Waals surface area contributed by atoms with Gasteiger partial charge in [0.2, 0.25) is 0 Å². The summed E-state index contributed by atoms with van der Waals surface area (Å²) < 4.78 is 54.2. The van der Waals surface area contributed by atoms with Gasteiger partial charge in [-0.2, -0.15) is 8.42 Å². The molecule has 1 heterocycles. The quantitative estimate of drug-likeness (QED) is 0.0258. The third-order valence-corrected chi connectivity index (χ3v) is 13.2. The fourth-order valence-corrected chi connectivity index (χ4v) is 9.08. The number of aliphatic hydroxyl groups is 3. The summed E-state index contributed by atoms with van der Waals surface area (Å²) in [6.07, 6.45) is 34.4. The summed E-state index contributed by atoms with van der Waals surface area (Å²) in [5.74, 6) is -1.96. The van der Waals surface area contributed by atoms with E-state index in [0.29, 0.717) is 12.8 Å². The maximum atomic E-state index is 12.8. The van der Waals surface area contributed by atoms with Crippen LogP contribution < -0.4 is 0 Å². The number of rotatable bonds is 45. The molecular weight excluding hydrogens is 825 g/mol. The molecule has 0 aromatic heterocycles. The molecule has 4 N–H and O–H groups in total. The highest BCUT2D eigenvalue weighted by Gasteiger charge is 2.46. The van der Waals surface area contributed by atoms with Crippen LogP contribution in [0.25, 0.3) is 0 Å². The maximum absolute atomic E-state index is 12.8. The molecule has 0 radical (unpaired) electrons. The first-order valence-corrected chi connectivity index (χ1v) is 27.7. The van der Waals surface area contributed by atoms with Crippen LogP contribution in [0.3, 0.4) is 0 Å². The van der Waals surface area contributed by atoms with E-state index in [-0.39, 0.29) is 19.4 Å². The predicted octanol–water partition coefficient (Wildman–Crippen LogP) is 11.6. The molecule has 12 nitrogen and oxygen atoms in total. The summed E-state index contributed by atoms with van der Waals surface area (Å²) in [6.45, 7) is 3.80. The zero-order valence-corrected chi connectivity index (χ0v) is 41.0. The summed E-state index contributed by atoms with van der Waals surface area (Å²) in [4.78, 5) is 25.5. The van der Waals surface area contributed by atoms with Crippen molar-refractivity contribution in [3.05, 3.63) is 0 Å². The third kappa shape index (κ3) is 35.5. The van der Waals surface area contributed by atoms with Crippen LogP contribution in [0.4, 0.5) is 0 Å². The lowest BCUT2D eigenvalue weighted by molar-refractivity contribution is -0.297. The number of hydrogen-bond acceptors (Lipinski definition) is 11. The Kier molecular flexibility index (Phi) is 38.7. The lowest BCUT2D eigenvalue weighted by atomic mass is 10.00. The molecule has 1 aliphatic rings. The number of carbonyl (C=O) groups excluding carboxylic acids is 2. The van der Waals surface area contributed by atoms with Crippen LogP contribution in [-0.2, 0) is 38.7 Å². The Morgan fingerprint density at radius 2 is 0.810 bits per heavy atom. The van der Waals surface area contributed by atoms with Crippen LogP contribution in [0.2, 0.25) is 0 Å². The van der Waals surface area contributed by atoms with E-state index in [4.69, 9.17) is 18.9 Å². The van der Waals surface area contributed by atoms with E-state index in [0.717, 1.165) is 38.5 Å². The van der Waals surface area contributed by atoms with Crippen LogP contribution in [0.1, 0.15) is 251 Å². The van der Waals surface area contributed by atoms with Crippen molar-refractivity contribution in [2.75, 3.05) is 19.0 Å². The standard InChI is InChI=1S/C50H96O12S/c1-3-5-7-9-11-13-15-17-18-19-20-21-22-23-24-25-27-28-30-32-34-36-38-45(51)59-40-43(41-60-50-49(55)48(54)47(53)44(62-50)42-63(56,57)58)61-46(52)39-37-35-33-31-29-26-16-14-12-10-8-6-4-2/h43-44,47-50,53-55H,3-42H2,1-2H3,(H,56,57,58)/t43-,44-,47-,48?,49?,50+/m1/s1. The summed E-state index contributed by atoms with van der Waals surface area (Å²) in [5.41, 5.74) is 0. The topological polar surface area (TPSA) is 186 Å². The van der Waals surface area contributed by atoms with E-state index in [1.54, 1.807) is 0 Å². The normalized spacial score (nSPS) is 19.6. The average Bonchev–Trinajstić information content (AvgIpc) is 3.25. The first-order chi connectivity index (χ1) is 30.5. The molecule has 0 amide bonds. The van der Waals surface area contributed by atoms with Gasteiger partial charge in [-0.05, 0) is 12.8 Å². The van der Waals surface area contributed by atoms with Gasteiger partial charge in [0.1, 0.15) is 36.8 Å². The number of esters is 2. The fourth-order valence-electron chi connectivity index (χ4n) is 8.39. The molecule has 0 spiro atoms. The Morgan fingerprint density at radius 1 is 0.476 bits per heavy atom. The predicted molar refractivity (Wildman–Crippen MR) is 252 cm³/mol. The van der Waals surface area contributed by atoms with Gasteiger partial charge in [-0.3, -0.25) is 14.1 Å². The second-order valence-electron chi connectivity index (χ2n) is 18.6. The van der Waals surface area contributed by atoms with Gasteiger partial charge in [0.25, 0.3) is 10.1 Å². The highest BCUT2D eigenvalue weighted by molar-refractivity contribution is 7.85. The van der Waals surface area contributed by atoms with Gasteiger partial charge in [0.15, 0.2) is 12.4 Å². The minimum absolute atomic E-state index is 0.172. The maximum Gasteiger partial charge on any atom is 0.306 e. The summed E-state index contributed by atoms with van der Waals surface area (Å²) >= 11 is 0. The molecule has 374 valence electrons. The Bertz CT molecular complexity index is 1170. The van der Waals surface area contributed by atoms with Crippen molar-refractivity contribution in [2.24, 2.45) is 0 Å². The van der Waals surface area contributed by atoms with Crippen LogP contribution in [0.5, 0.6) is 0 Å². The first kappa shape index (κ1) is 59.7. The van der Waals surface area contributed by atoms with E-state index in [1.165, 1.54) is 173 Å². The molecule has 0 aliphatic carbocycles. The van der Waals surface area contributed by atoms with Gasteiger partial charge in [-0.1, -0.05) is 226 Å². The zero-order valence-electron chi connectivity index (χ0n) is 40.2. The van der Waals surface area contributed by atoms with Crippen LogP contribution in [0.15, 0.2) is 0 Å². The molecule has 2 unspecified atom stereocenters. The van der Waals surface area contributed by atoms with Crippen LogP contribution in [0, 0.1) is 0 Å². The van der Waals surface area contributed by atoms with Crippen molar-refractivity contribution in [2.45, 2.75) is 288 Å². The van der Waals surface area contributed by atoms with Crippen molar-refractivity contribution in [1.82, 2.24) is 0 Å². The number of aliphatic hydroxyl groups excluding tert-OH is 3. The van der Waals surface area contributed by atoms with Crippen LogP contribution >= 0.6 is 0 Å². The minimum Gasteiger partial charge on any atom is -0.462 e. The highest BCUT2D eigenvalue weighted by atomic mass is 32.2. The van der Waals surface area contributed by atoms with E-state index in [1.807, 2.05) is 0 Å². The van der Waals surface area contributed by atoms with Gasteiger partial charge < -0.3 is 34.3 Å². The molecule has 1 rings (SSSR count). The molecule has 1 aliphatic heterocycles. The minimum atomic E-state index is -4.60. The number of unbranched alkanes of at least 4 members (excludes halogenated alkanes) is 33. The highest BCUT2D eigenvalue weighted by Crippen LogP contribution is 2.24. The molecule has 63 heavy (non-hydrogen) atoms. The second kappa shape index (κ2) is 40.9. The molecule has 0 saturated carbocycles. The molecule has 1 saturated heterocycles. The molecule has 6 atom stereocenters. The van der Waals surface area contributed by atoms with Crippen molar-refractivity contribution in [3.8, 4) is 0 Å². The summed E-state index contributed by atoms with van der Waals surface area (Å²) in [5, 5.41) is 30.9. The smallest absolute Gasteiger partial charge is 0.306 e. The molecule has 13 heteroatoms. The third-order valence-electron chi connectivity index (χ3n) is 12.4. The van der Waals surface area contributed by atoms with Crippen molar-refractivity contribution >= 4 is 22.1 Å². The van der Waals surface area contributed by atoms with Crippen molar-refractivity contribution < 1.29 is 56.8 Å². The van der Waals surface area contributed by atoms with Gasteiger partial charge >= 0.3 is 11.9 Å². The van der Waals surface area contributed by atoms with Gasteiger partial charge in [-0.25, -0.2) is 0 Å². The SMILES string of the molecule is CCCCCCCCCCCCCCCCCCCCCCCCC(=O)OC[C@H](CO[C@H]1O[C@H](CS(=O)(=O)O)[C@@H](O)C(O)C1O)OC(=O)CCCCCCCCCCCCCCC. The Hall–Kier alpha value is -1.35. The molecule has 0 bridgehead atoms. The first-order valence-electron chi connectivity index (χ1n) is 26.1. The molecule has 1 fully saturated rings. The van der Waals surface area contributed by atoms with Crippen LogP contribution in [-0.4, -0.2) is 96.0 Å². The van der Waals surface area contributed by atoms with Gasteiger partial charge in [0, 0.05) is 12.8 Å². The van der Waals surface area contributed by atoms with Crippen molar-refractivity contribution in [1.29, 1.82) is 0 Å². The largest absolute Gasteiger partial charge is 0.462 e. The van der Waals surface area contributed by atoms with E-state index in [2.05, 4.69) is 13.8 Å². The van der Waals surface area contributed by atoms with E-state index < -0.39 is 71.2 Å². The Labute approximate surface area is 384 Å². The lowest BCUT2D eigenvalue weighted by Crippen LogP contribution is -2.60. The molecule has 0 aromatic rings. The summed E-state index contributed by atoms with van der Waals surface area (Å²) in [6, 6.07) is 0. The van der Waals surface area contributed by atoms with E-state index in [9.17, 15) is 37.9 Å². The van der Waals surface area contributed by atoms with Crippen molar-refractivity contribution in [3.63, 3.8) is 0 Å². The van der Waals surface area contributed by atoms with E-state index >= 15 is 0 Å². The summed E-state index contributed by atoms with van der Waals surface area (Å²) in [7, 11) is -4.60. The molecular formula is C50H96O12S. The number of ether oxygens (including phenoxy) is 4. The second-order valence-corrected chi connectivity index (χ2v) is 20.1. The molecule has 0 aromatic carbocycles. The van der Waals surface area contributed by atoms with Gasteiger partial charge in [-0.15, -0.1) is 0 Å². The number of carbonyl (C=O) groups is 2. The fraction of sp³-hybridized carbons (Fsp3) is 0.960. The van der Waals surface area contributed by atoms with Gasteiger partial charge in [0.05, 0.1) is 6.61 Å². The lowest BCUT2D eigenvalue weighted by Gasteiger charge is -2.40. The number of hydrogen-bond donors (Lipinski definition) is 4. The monoisotopic (exact) mass is 921 g/mol. The Balaban J connectivity index is 2.31. The Morgan fingerprint density at radius 3 is 1.16 bits per heavy atom. The average molecular weight is 921 g/mol.